The zero-order valence-corrected chi connectivity index (χ0v) is 14.3. The van der Waals surface area contributed by atoms with Crippen LogP contribution in [-0.2, 0) is 5.75 Å². The molecule has 4 rings (SSSR count). The van der Waals surface area contributed by atoms with E-state index in [-0.39, 0.29) is 0 Å². The Kier molecular flexibility index (Phi) is 4.30. The molecule has 0 N–H and O–H groups in total. The maximum Gasteiger partial charge on any atom is 0.187 e. The van der Waals surface area contributed by atoms with Crippen LogP contribution in [0.25, 0.3) is 16.9 Å². The molecule has 25 heavy (non-hydrogen) atoms. The number of hydrogen-bond donors (Lipinski definition) is 0. The van der Waals surface area contributed by atoms with E-state index in [1.165, 1.54) is 5.56 Å². The second-order valence-electron chi connectivity index (χ2n) is 5.33. The van der Waals surface area contributed by atoms with Gasteiger partial charge in [0, 0.05) is 11.8 Å². The fourth-order valence-electron chi connectivity index (χ4n) is 2.48. The van der Waals surface area contributed by atoms with Gasteiger partial charge in [0.2, 0.25) is 0 Å². The summed E-state index contributed by atoms with van der Waals surface area (Å²) in [6.45, 7) is 0. The molecule has 0 saturated carbocycles. The molecule has 0 fully saturated rings. The topological polar surface area (TPSA) is 65.7 Å². The molecule has 6 nitrogen and oxygen atoms in total. The van der Waals surface area contributed by atoms with E-state index in [9.17, 15) is 0 Å². The number of hydrogen-bond acceptors (Lipinski definition) is 6. The SMILES string of the molecule is COc1cccc(-n2nnc3c(SCc4ccccc4)ncnc32)c1. The molecule has 0 radical (unpaired) electrons. The van der Waals surface area contributed by atoms with E-state index in [2.05, 4.69) is 32.4 Å². The highest BCUT2D eigenvalue weighted by Gasteiger charge is 2.13. The van der Waals surface area contributed by atoms with E-state index in [4.69, 9.17) is 4.74 Å². The first-order chi connectivity index (χ1) is 12.3. The van der Waals surface area contributed by atoms with Crippen molar-refractivity contribution in [2.24, 2.45) is 0 Å². The Bertz CT molecular complexity index is 1000. The van der Waals surface area contributed by atoms with E-state index >= 15 is 0 Å². The molecule has 0 saturated heterocycles. The van der Waals surface area contributed by atoms with Crippen molar-refractivity contribution in [3.05, 3.63) is 66.5 Å². The molecule has 2 aromatic carbocycles. The Labute approximate surface area is 148 Å². The molecule has 4 aromatic rings. The average molecular weight is 349 g/mol. The van der Waals surface area contributed by atoms with Crippen molar-refractivity contribution < 1.29 is 4.74 Å². The van der Waals surface area contributed by atoms with Crippen molar-refractivity contribution in [3.8, 4) is 11.4 Å². The minimum absolute atomic E-state index is 0.679. The predicted octanol–water partition coefficient (Wildman–Crippen LogP) is 3.51. The average Bonchev–Trinajstić information content (AvgIpc) is 3.12. The van der Waals surface area contributed by atoms with Crippen LogP contribution in [0.5, 0.6) is 5.75 Å². The lowest BCUT2D eigenvalue weighted by Crippen LogP contribution is -1.98. The van der Waals surface area contributed by atoms with E-state index in [0.29, 0.717) is 11.2 Å². The number of ether oxygens (including phenoxy) is 1. The molecule has 0 aliphatic heterocycles. The molecule has 7 heteroatoms. The van der Waals surface area contributed by atoms with Gasteiger partial charge >= 0.3 is 0 Å². The Morgan fingerprint density at radius 2 is 1.92 bits per heavy atom. The minimum atomic E-state index is 0.679. The van der Waals surface area contributed by atoms with Crippen LogP contribution in [0, 0.1) is 0 Å². The lowest BCUT2D eigenvalue weighted by atomic mass is 10.2. The van der Waals surface area contributed by atoms with Gasteiger partial charge in [-0.25, -0.2) is 9.97 Å². The largest absolute Gasteiger partial charge is 0.497 e. The zero-order valence-electron chi connectivity index (χ0n) is 13.5. The Morgan fingerprint density at radius 1 is 1.04 bits per heavy atom. The molecule has 0 unspecified atom stereocenters. The van der Waals surface area contributed by atoms with Crippen molar-refractivity contribution in [2.45, 2.75) is 10.8 Å². The maximum absolute atomic E-state index is 5.28. The molecule has 0 bridgehead atoms. The predicted molar refractivity (Wildman–Crippen MR) is 97.0 cm³/mol. The van der Waals surface area contributed by atoms with Crippen LogP contribution >= 0.6 is 11.8 Å². The summed E-state index contributed by atoms with van der Waals surface area (Å²) in [6.07, 6.45) is 1.55. The standard InChI is InChI=1S/C18H15N5OS/c1-24-15-9-5-8-14(10-15)23-17-16(21-22-23)18(20-12-19-17)25-11-13-6-3-2-4-7-13/h2-10,12H,11H2,1H3. The lowest BCUT2D eigenvalue weighted by molar-refractivity contribution is 0.414. The normalized spacial score (nSPS) is 10.9. The van der Waals surface area contributed by atoms with Crippen molar-refractivity contribution in [1.29, 1.82) is 0 Å². The van der Waals surface area contributed by atoms with Crippen LogP contribution in [-0.4, -0.2) is 32.1 Å². The molecular weight excluding hydrogens is 334 g/mol. The van der Waals surface area contributed by atoms with Crippen LogP contribution < -0.4 is 4.74 Å². The quantitative estimate of drug-likeness (QED) is 0.406. The third kappa shape index (κ3) is 3.18. The van der Waals surface area contributed by atoms with Crippen molar-refractivity contribution in [3.63, 3.8) is 0 Å². The first kappa shape index (κ1) is 15.6. The van der Waals surface area contributed by atoms with Crippen molar-refractivity contribution >= 4 is 22.9 Å². The third-order valence-corrected chi connectivity index (χ3v) is 4.77. The summed E-state index contributed by atoms with van der Waals surface area (Å²) in [5.74, 6) is 1.58. The van der Waals surface area contributed by atoms with Gasteiger partial charge in [-0.1, -0.05) is 53.4 Å². The van der Waals surface area contributed by atoms with E-state index in [0.717, 1.165) is 22.2 Å². The smallest absolute Gasteiger partial charge is 0.187 e. The number of benzene rings is 2. The van der Waals surface area contributed by atoms with Gasteiger partial charge in [-0.15, -0.1) is 5.10 Å². The molecule has 0 aliphatic carbocycles. The second kappa shape index (κ2) is 6.90. The summed E-state index contributed by atoms with van der Waals surface area (Å²) in [6, 6.07) is 17.9. The Balaban J connectivity index is 1.68. The molecule has 124 valence electrons. The maximum atomic E-state index is 5.28. The monoisotopic (exact) mass is 349 g/mol. The van der Waals surface area contributed by atoms with Gasteiger partial charge in [0.05, 0.1) is 12.8 Å². The van der Waals surface area contributed by atoms with Crippen molar-refractivity contribution in [2.75, 3.05) is 7.11 Å². The van der Waals surface area contributed by atoms with Crippen molar-refractivity contribution in [1.82, 2.24) is 25.0 Å². The molecule has 0 aliphatic rings. The molecule has 0 atom stereocenters. The van der Waals surface area contributed by atoms with Gasteiger partial charge in [-0.2, -0.15) is 4.68 Å². The number of methoxy groups -OCH3 is 1. The summed E-state index contributed by atoms with van der Waals surface area (Å²) >= 11 is 1.63. The molecule has 2 heterocycles. The molecular formula is C18H15N5OS. The number of rotatable bonds is 5. The number of nitrogens with zero attached hydrogens (tertiary/aromatic N) is 5. The summed E-state index contributed by atoms with van der Waals surface area (Å²) in [5.41, 5.74) is 3.46. The van der Waals surface area contributed by atoms with E-state index < -0.39 is 0 Å². The van der Waals surface area contributed by atoms with Gasteiger partial charge in [0.1, 0.15) is 17.1 Å². The second-order valence-corrected chi connectivity index (χ2v) is 6.29. The van der Waals surface area contributed by atoms with Crippen LogP contribution in [0.1, 0.15) is 5.56 Å². The summed E-state index contributed by atoms with van der Waals surface area (Å²) < 4.78 is 6.98. The Morgan fingerprint density at radius 3 is 2.76 bits per heavy atom. The highest BCUT2D eigenvalue weighted by Crippen LogP contribution is 2.27. The van der Waals surface area contributed by atoms with E-state index in [1.807, 2.05) is 42.5 Å². The molecule has 0 amide bonds. The lowest BCUT2D eigenvalue weighted by Gasteiger charge is -2.05. The van der Waals surface area contributed by atoms with E-state index in [1.54, 1.807) is 29.9 Å². The number of fused-ring (bicyclic) bond motifs is 1. The summed E-state index contributed by atoms with van der Waals surface area (Å²) in [7, 11) is 1.64. The van der Waals surface area contributed by atoms with Gasteiger partial charge in [-0.05, 0) is 17.7 Å². The van der Waals surface area contributed by atoms with Crippen LogP contribution in [0.4, 0.5) is 0 Å². The molecule has 0 spiro atoms. The first-order valence-corrected chi connectivity index (χ1v) is 8.71. The highest BCUT2D eigenvalue weighted by molar-refractivity contribution is 7.98. The fourth-order valence-corrected chi connectivity index (χ4v) is 3.36. The van der Waals surface area contributed by atoms with Gasteiger partial charge in [-0.3, -0.25) is 0 Å². The van der Waals surface area contributed by atoms with Crippen LogP contribution in [0.2, 0.25) is 0 Å². The first-order valence-electron chi connectivity index (χ1n) is 7.73. The van der Waals surface area contributed by atoms with Gasteiger partial charge < -0.3 is 4.74 Å². The number of thioether (sulfide) groups is 1. The van der Waals surface area contributed by atoms with Gasteiger partial charge in [0.15, 0.2) is 11.2 Å². The summed E-state index contributed by atoms with van der Waals surface area (Å²) in [5, 5.41) is 9.36. The molecule has 2 aromatic heterocycles. The summed E-state index contributed by atoms with van der Waals surface area (Å²) in [4.78, 5) is 8.74. The zero-order chi connectivity index (χ0) is 17.1. The minimum Gasteiger partial charge on any atom is -0.497 e. The number of aromatic nitrogens is 5. The van der Waals surface area contributed by atoms with Crippen LogP contribution in [0.15, 0.2) is 66.0 Å². The Hall–Kier alpha value is -2.93. The fraction of sp³-hybridized carbons (Fsp3) is 0.111. The van der Waals surface area contributed by atoms with Crippen LogP contribution in [0.3, 0.4) is 0 Å². The third-order valence-electron chi connectivity index (χ3n) is 3.72. The van der Waals surface area contributed by atoms with Gasteiger partial charge in [0.25, 0.3) is 0 Å². The highest BCUT2D eigenvalue weighted by atomic mass is 32.2.